The topological polar surface area (TPSA) is 67.1 Å². The van der Waals surface area contributed by atoms with Gasteiger partial charge in [-0.1, -0.05) is 23.7 Å². The zero-order valence-corrected chi connectivity index (χ0v) is 13.5. The van der Waals surface area contributed by atoms with Crippen LogP contribution in [0.25, 0.3) is 0 Å². The van der Waals surface area contributed by atoms with Crippen LogP contribution in [0.15, 0.2) is 36.4 Å². The van der Waals surface area contributed by atoms with Gasteiger partial charge < -0.3 is 16.4 Å². The maximum absolute atomic E-state index is 12.0. The summed E-state index contributed by atoms with van der Waals surface area (Å²) in [5, 5.41) is 5.69. The Labute approximate surface area is 133 Å². The van der Waals surface area contributed by atoms with Gasteiger partial charge in [0.05, 0.1) is 10.4 Å². The van der Waals surface area contributed by atoms with E-state index in [1.165, 1.54) is 11.3 Å². The van der Waals surface area contributed by atoms with Crippen LogP contribution in [0.1, 0.15) is 36.4 Å². The van der Waals surface area contributed by atoms with Crippen LogP contribution in [-0.4, -0.2) is 6.03 Å². The molecule has 0 saturated carbocycles. The number of urea groups is 1. The van der Waals surface area contributed by atoms with Gasteiger partial charge in [0.1, 0.15) is 0 Å². The van der Waals surface area contributed by atoms with Crippen LogP contribution in [0.3, 0.4) is 0 Å². The molecule has 1 heterocycles. The fourth-order valence-electron chi connectivity index (χ4n) is 1.90. The molecule has 1 aromatic carbocycles. The van der Waals surface area contributed by atoms with Crippen LogP contribution in [0.4, 0.5) is 10.5 Å². The predicted molar refractivity (Wildman–Crippen MR) is 88.9 cm³/mol. The summed E-state index contributed by atoms with van der Waals surface area (Å²) in [4.78, 5) is 13.0. The normalized spacial score (nSPS) is 13.5. The van der Waals surface area contributed by atoms with E-state index in [1.807, 2.05) is 50.2 Å². The lowest BCUT2D eigenvalue weighted by atomic mass is 10.1. The highest BCUT2D eigenvalue weighted by Crippen LogP contribution is 2.26. The van der Waals surface area contributed by atoms with Crippen molar-refractivity contribution in [2.24, 2.45) is 5.73 Å². The fourth-order valence-corrected chi connectivity index (χ4v) is 2.96. The minimum Gasteiger partial charge on any atom is -0.331 e. The summed E-state index contributed by atoms with van der Waals surface area (Å²) in [5.74, 6) is 0. The first-order valence-corrected chi connectivity index (χ1v) is 7.83. The lowest BCUT2D eigenvalue weighted by Crippen LogP contribution is -2.30. The molecule has 1 aromatic heterocycles. The van der Waals surface area contributed by atoms with Gasteiger partial charge in [-0.25, -0.2) is 4.79 Å². The number of thiophene rings is 1. The second kappa shape index (κ2) is 6.93. The predicted octanol–water partition coefficient (Wildman–Crippen LogP) is 4.30. The quantitative estimate of drug-likeness (QED) is 0.785. The van der Waals surface area contributed by atoms with Crippen LogP contribution in [0.2, 0.25) is 4.34 Å². The number of benzene rings is 1. The van der Waals surface area contributed by atoms with Crippen molar-refractivity contribution in [1.82, 2.24) is 5.32 Å². The summed E-state index contributed by atoms with van der Waals surface area (Å²) >= 11 is 7.35. The van der Waals surface area contributed by atoms with Gasteiger partial charge in [-0.3, -0.25) is 0 Å². The molecule has 0 aliphatic rings. The minimum atomic E-state index is -0.256. The van der Waals surface area contributed by atoms with Gasteiger partial charge in [0.2, 0.25) is 0 Å². The minimum absolute atomic E-state index is 0.0676. The summed E-state index contributed by atoms with van der Waals surface area (Å²) in [5.41, 5.74) is 7.53. The third-order valence-electron chi connectivity index (χ3n) is 3.04. The van der Waals surface area contributed by atoms with Crippen molar-refractivity contribution in [3.05, 3.63) is 51.2 Å². The molecule has 4 N–H and O–H groups in total. The van der Waals surface area contributed by atoms with Crippen LogP contribution in [0, 0.1) is 0 Å². The number of hydrogen-bond donors (Lipinski definition) is 3. The first kappa shape index (κ1) is 15.8. The average molecular weight is 324 g/mol. The number of amides is 2. The number of halogens is 1. The Bertz CT molecular complexity index is 627. The standard InChI is InChI=1S/C15H18ClN3OS/c1-9(17)11-4-3-5-12(8-11)19-15(20)18-10(2)13-6-7-14(16)21-13/h3-10H,17H2,1-2H3,(H2,18,19,20). The largest absolute Gasteiger partial charge is 0.331 e. The van der Waals surface area contributed by atoms with Gasteiger partial charge in [-0.2, -0.15) is 0 Å². The number of hydrogen-bond acceptors (Lipinski definition) is 3. The molecular weight excluding hydrogens is 306 g/mol. The zero-order chi connectivity index (χ0) is 15.4. The van der Waals surface area contributed by atoms with E-state index >= 15 is 0 Å². The average Bonchev–Trinajstić information content (AvgIpc) is 2.85. The van der Waals surface area contributed by atoms with Crippen molar-refractivity contribution < 1.29 is 4.79 Å². The Morgan fingerprint density at radius 1 is 1.29 bits per heavy atom. The van der Waals surface area contributed by atoms with Gasteiger partial charge in [-0.15, -0.1) is 11.3 Å². The van der Waals surface area contributed by atoms with Crippen molar-refractivity contribution in [2.45, 2.75) is 25.9 Å². The van der Waals surface area contributed by atoms with Crippen molar-refractivity contribution in [2.75, 3.05) is 5.32 Å². The summed E-state index contributed by atoms with van der Waals surface area (Å²) < 4.78 is 0.712. The molecule has 0 aliphatic heterocycles. The van der Waals surface area contributed by atoms with E-state index in [4.69, 9.17) is 17.3 Å². The second-order valence-electron chi connectivity index (χ2n) is 4.88. The molecule has 112 valence electrons. The van der Waals surface area contributed by atoms with E-state index < -0.39 is 0 Å². The molecule has 0 aliphatic carbocycles. The monoisotopic (exact) mass is 323 g/mol. The Hall–Kier alpha value is -1.56. The molecule has 2 rings (SSSR count). The van der Waals surface area contributed by atoms with Crippen LogP contribution < -0.4 is 16.4 Å². The Balaban J connectivity index is 1.97. The first-order chi connectivity index (χ1) is 9.95. The van der Waals surface area contributed by atoms with Crippen molar-refractivity contribution in [3.8, 4) is 0 Å². The maximum atomic E-state index is 12.0. The highest BCUT2D eigenvalue weighted by atomic mass is 35.5. The molecule has 2 aromatic rings. The summed E-state index contributed by atoms with van der Waals surface area (Å²) in [6, 6.07) is 10.8. The number of nitrogens with two attached hydrogens (primary N) is 1. The molecule has 21 heavy (non-hydrogen) atoms. The van der Waals surface area contributed by atoms with Gasteiger partial charge in [-0.05, 0) is 43.7 Å². The summed E-state index contributed by atoms with van der Waals surface area (Å²) in [6.07, 6.45) is 0. The van der Waals surface area contributed by atoms with Crippen molar-refractivity contribution in [3.63, 3.8) is 0 Å². The molecule has 0 bridgehead atoms. The second-order valence-corrected chi connectivity index (χ2v) is 6.62. The Morgan fingerprint density at radius 2 is 2.05 bits per heavy atom. The van der Waals surface area contributed by atoms with Gasteiger partial charge in [0.15, 0.2) is 0 Å². The molecular formula is C15H18ClN3OS. The number of carbonyl (C=O) groups is 1. The molecule has 2 unspecified atom stereocenters. The van der Waals surface area contributed by atoms with Crippen LogP contribution >= 0.6 is 22.9 Å². The van der Waals surface area contributed by atoms with Gasteiger partial charge >= 0.3 is 6.03 Å². The van der Waals surface area contributed by atoms with Gasteiger partial charge in [0, 0.05) is 16.6 Å². The first-order valence-electron chi connectivity index (χ1n) is 6.64. The Morgan fingerprint density at radius 3 is 2.67 bits per heavy atom. The van der Waals surface area contributed by atoms with Crippen molar-refractivity contribution >= 4 is 34.7 Å². The zero-order valence-electron chi connectivity index (χ0n) is 11.9. The van der Waals surface area contributed by atoms with E-state index in [-0.39, 0.29) is 18.1 Å². The highest BCUT2D eigenvalue weighted by molar-refractivity contribution is 7.16. The van der Waals surface area contributed by atoms with E-state index in [0.717, 1.165) is 16.1 Å². The smallest absolute Gasteiger partial charge is 0.319 e. The molecule has 0 fully saturated rings. The summed E-state index contributed by atoms with van der Waals surface area (Å²) in [6.45, 7) is 3.82. The third kappa shape index (κ3) is 4.46. The number of nitrogens with one attached hydrogen (secondary N) is 2. The molecule has 2 atom stereocenters. The SMILES string of the molecule is CC(N)c1cccc(NC(=O)NC(C)c2ccc(Cl)s2)c1. The molecule has 4 nitrogen and oxygen atoms in total. The maximum Gasteiger partial charge on any atom is 0.319 e. The number of rotatable bonds is 4. The number of carbonyl (C=O) groups excluding carboxylic acids is 1. The summed E-state index contributed by atoms with van der Waals surface area (Å²) in [7, 11) is 0. The lowest BCUT2D eigenvalue weighted by Gasteiger charge is -2.14. The van der Waals surface area contributed by atoms with Gasteiger partial charge in [0.25, 0.3) is 0 Å². The molecule has 0 spiro atoms. The van der Waals surface area contributed by atoms with Crippen molar-refractivity contribution in [1.29, 1.82) is 0 Å². The van der Waals surface area contributed by atoms with Crippen LogP contribution in [-0.2, 0) is 0 Å². The molecule has 6 heteroatoms. The number of anilines is 1. The van der Waals surface area contributed by atoms with E-state index in [9.17, 15) is 4.79 Å². The Kier molecular flexibility index (Phi) is 5.22. The molecule has 0 radical (unpaired) electrons. The van der Waals surface area contributed by atoms with E-state index in [1.54, 1.807) is 0 Å². The van der Waals surface area contributed by atoms with E-state index in [0.29, 0.717) is 4.34 Å². The van der Waals surface area contributed by atoms with E-state index in [2.05, 4.69) is 10.6 Å². The lowest BCUT2D eigenvalue weighted by molar-refractivity contribution is 0.249. The molecule has 2 amide bonds. The third-order valence-corrected chi connectivity index (χ3v) is 4.45. The fraction of sp³-hybridized carbons (Fsp3) is 0.267. The molecule has 0 saturated heterocycles. The van der Waals surface area contributed by atoms with Crippen LogP contribution in [0.5, 0.6) is 0 Å². The highest BCUT2D eigenvalue weighted by Gasteiger charge is 2.12.